The highest BCUT2D eigenvalue weighted by atomic mass is 19.4. The topological polar surface area (TPSA) is 92.8 Å². The molecule has 0 aliphatic heterocycles. The maximum atomic E-state index is 12.5. The number of methoxy groups -OCH3 is 1. The molecule has 0 saturated heterocycles. The third-order valence-electron chi connectivity index (χ3n) is 2.47. The van der Waals surface area contributed by atoms with E-state index in [0.717, 1.165) is 19.2 Å². The minimum absolute atomic E-state index is 0.177. The summed E-state index contributed by atoms with van der Waals surface area (Å²) in [5, 5.41) is 19.1. The first-order valence-electron chi connectivity index (χ1n) is 5.09. The van der Waals surface area contributed by atoms with E-state index in [2.05, 4.69) is 4.74 Å². The lowest BCUT2D eigenvalue weighted by molar-refractivity contribution is -0.156. The van der Waals surface area contributed by atoms with Gasteiger partial charge >= 0.3 is 12.1 Å². The van der Waals surface area contributed by atoms with E-state index in [0.29, 0.717) is 6.07 Å². The molecule has 5 nitrogen and oxygen atoms in total. The van der Waals surface area contributed by atoms with E-state index in [1.807, 2.05) is 0 Å². The molecule has 0 aliphatic rings. The summed E-state index contributed by atoms with van der Waals surface area (Å²) < 4.78 is 41.7. The van der Waals surface area contributed by atoms with Crippen molar-refractivity contribution in [2.24, 2.45) is 0 Å². The number of alkyl halides is 3. The molecule has 0 amide bonds. The molecule has 1 aromatic carbocycles. The van der Waals surface area contributed by atoms with Gasteiger partial charge in [0.15, 0.2) is 6.10 Å². The van der Waals surface area contributed by atoms with Gasteiger partial charge in [-0.05, 0) is 18.2 Å². The van der Waals surface area contributed by atoms with Crippen LogP contribution < -0.4 is 5.73 Å². The largest absolute Gasteiger partial charge is 0.467 e. The summed E-state index contributed by atoms with van der Waals surface area (Å²) in [6, 6.07) is 2.24. The molecule has 8 heteroatoms. The Bertz CT molecular complexity index is 475. The molecule has 1 aromatic rings. The Hall–Kier alpha value is -1.80. The van der Waals surface area contributed by atoms with Crippen molar-refractivity contribution in [1.29, 1.82) is 0 Å². The third-order valence-corrected chi connectivity index (χ3v) is 2.47. The van der Waals surface area contributed by atoms with Gasteiger partial charge in [0.1, 0.15) is 6.10 Å². The van der Waals surface area contributed by atoms with Crippen LogP contribution in [0, 0.1) is 0 Å². The number of nitrogen functional groups attached to an aromatic ring is 1. The number of hydrogen-bond acceptors (Lipinski definition) is 5. The first-order chi connectivity index (χ1) is 8.68. The molecule has 0 aliphatic carbocycles. The number of halogens is 3. The second-order valence-electron chi connectivity index (χ2n) is 3.75. The number of rotatable bonds is 3. The lowest BCUT2D eigenvalue weighted by Gasteiger charge is -2.19. The predicted octanol–water partition coefficient (Wildman–Crippen LogP) is 0.855. The average molecular weight is 279 g/mol. The van der Waals surface area contributed by atoms with Gasteiger partial charge in [-0.1, -0.05) is 0 Å². The molecule has 0 heterocycles. The molecule has 0 spiro atoms. The van der Waals surface area contributed by atoms with Gasteiger partial charge in [0.2, 0.25) is 0 Å². The van der Waals surface area contributed by atoms with Crippen LogP contribution in [0.1, 0.15) is 17.2 Å². The van der Waals surface area contributed by atoms with Crippen molar-refractivity contribution in [1.82, 2.24) is 0 Å². The summed E-state index contributed by atoms with van der Waals surface area (Å²) in [5.41, 5.74) is 3.80. The van der Waals surface area contributed by atoms with E-state index in [1.54, 1.807) is 0 Å². The number of aliphatic hydroxyl groups is 2. The van der Waals surface area contributed by atoms with Crippen LogP contribution in [-0.4, -0.2) is 29.4 Å². The summed E-state index contributed by atoms with van der Waals surface area (Å²) in [4.78, 5) is 11.0. The molecular formula is C11H12F3NO4. The van der Waals surface area contributed by atoms with Crippen molar-refractivity contribution in [3.63, 3.8) is 0 Å². The molecule has 0 aromatic heterocycles. The van der Waals surface area contributed by atoms with Gasteiger partial charge in [-0.3, -0.25) is 0 Å². The van der Waals surface area contributed by atoms with Gasteiger partial charge in [0, 0.05) is 11.3 Å². The van der Waals surface area contributed by atoms with E-state index >= 15 is 0 Å². The highest BCUT2D eigenvalue weighted by Crippen LogP contribution is 2.33. The van der Waals surface area contributed by atoms with E-state index in [9.17, 15) is 28.2 Å². The van der Waals surface area contributed by atoms with E-state index in [4.69, 9.17) is 5.73 Å². The zero-order valence-electron chi connectivity index (χ0n) is 9.81. The van der Waals surface area contributed by atoms with Gasteiger partial charge < -0.3 is 20.7 Å². The second kappa shape index (κ2) is 5.45. The molecular weight excluding hydrogens is 267 g/mol. The molecule has 19 heavy (non-hydrogen) atoms. The Balaban J connectivity index is 3.15. The van der Waals surface area contributed by atoms with Gasteiger partial charge in [0.05, 0.1) is 12.7 Å². The summed E-state index contributed by atoms with van der Waals surface area (Å²) in [6.45, 7) is 0. The Morgan fingerprint density at radius 2 is 1.95 bits per heavy atom. The van der Waals surface area contributed by atoms with E-state index in [-0.39, 0.29) is 5.69 Å². The second-order valence-corrected chi connectivity index (χ2v) is 3.75. The first kappa shape index (κ1) is 15.3. The summed E-state index contributed by atoms with van der Waals surface area (Å²) in [6.07, 6.45) is -8.55. The van der Waals surface area contributed by atoms with Gasteiger partial charge in [-0.25, -0.2) is 4.79 Å². The molecule has 0 saturated carbocycles. The Morgan fingerprint density at radius 1 is 1.37 bits per heavy atom. The normalized spacial score (nSPS) is 14.8. The SMILES string of the molecule is COC(=O)C(O)C(O)c1cc(C(F)(F)F)ccc1N. The molecule has 106 valence electrons. The number of anilines is 1. The number of ether oxygens (including phenoxy) is 1. The van der Waals surface area contributed by atoms with Crippen molar-refractivity contribution < 1.29 is 32.9 Å². The molecule has 2 atom stereocenters. The number of nitrogens with two attached hydrogens (primary N) is 1. The van der Waals surface area contributed by atoms with Crippen molar-refractivity contribution in [3.05, 3.63) is 29.3 Å². The number of carbonyl (C=O) groups is 1. The van der Waals surface area contributed by atoms with Crippen LogP contribution in [0.15, 0.2) is 18.2 Å². The number of carbonyl (C=O) groups excluding carboxylic acids is 1. The van der Waals surface area contributed by atoms with Gasteiger partial charge in [0.25, 0.3) is 0 Å². The molecule has 2 unspecified atom stereocenters. The molecule has 1 rings (SSSR count). The van der Waals surface area contributed by atoms with Crippen LogP contribution >= 0.6 is 0 Å². The van der Waals surface area contributed by atoms with Crippen molar-refractivity contribution in [3.8, 4) is 0 Å². The van der Waals surface area contributed by atoms with Crippen LogP contribution in [-0.2, 0) is 15.7 Å². The molecule has 0 radical (unpaired) electrons. The lowest BCUT2D eigenvalue weighted by Crippen LogP contribution is -2.29. The van der Waals surface area contributed by atoms with E-state index < -0.39 is 35.5 Å². The lowest BCUT2D eigenvalue weighted by atomic mass is 9.99. The Kier molecular flexibility index (Phi) is 4.38. The maximum absolute atomic E-state index is 12.5. The third kappa shape index (κ3) is 3.36. The number of benzene rings is 1. The van der Waals surface area contributed by atoms with Crippen LogP contribution in [0.4, 0.5) is 18.9 Å². The number of esters is 1. The fourth-order valence-electron chi connectivity index (χ4n) is 1.43. The standard InChI is InChI=1S/C11H12F3NO4/c1-19-10(18)9(17)8(16)6-4-5(11(12,13)14)2-3-7(6)15/h2-4,8-9,16-17H,15H2,1H3. The molecule has 0 fully saturated rings. The smallest absolute Gasteiger partial charge is 0.416 e. The van der Waals surface area contributed by atoms with Crippen molar-refractivity contribution in [2.45, 2.75) is 18.4 Å². The monoisotopic (exact) mass is 279 g/mol. The summed E-state index contributed by atoms with van der Waals surface area (Å²) in [7, 11) is 0.966. The number of aliphatic hydroxyl groups excluding tert-OH is 2. The molecule has 0 bridgehead atoms. The highest BCUT2D eigenvalue weighted by molar-refractivity contribution is 5.75. The van der Waals surface area contributed by atoms with Crippen LogP contribution in [0.2, 0.25) is 0 Å². The van der Waals surface area contributed by atoms with Crippen LogP contribution in [0.25, 0.3) is 0 Å². The number of hydrogen-bond donors (Lipinski definition) is 3. The zero-order chi connectivity index (χ0) is 14.8. The van der Waals surface area contributed by atoms with Crippen molar-refractivity contribution in [2.75, 3.05) is 12.8 Å². The minimum atomic E-state index is -4.63. The summed E-state index contributed by atoms with van der Waals surface area (Å²) in [5.74, 6) is -1.18. The average Bonchev–Trinajstić information content (AvgIpc) is 2.35. The van der Waals surface area contributed by atoms with E-state index in [1.165, 1.54) is 0 Å². The van der Waals surface area contributed by atoms with Crippen LogP contribution in [0.5, 0.6) is 0 Å². The van der Waals surface area contributed by atoms with Crippen LogP contribution in [0.3, 0.4) is 0 Å². The van der Waals surface area contributed by atoms with Crippen molar-refractivity contribution >= 4 is 11.7 Å². The zero-order valence-corrected chi connectivity index (χ0v) is 9.81. The predicted molar refractivity (Wildman–Crippen MR) is 58.8 cm³/mol. The maximum Gasteiger partial charge on any atom is 0.416 e. The summed E-state index contributed by atoms with van der Waals surface area (Å²) >= 11 is 0. The first-order valence-corrected chi connectivity index (χ1v) is 5.09. The fraction of sp³-hybridized carbons (Fsp3) is 0.364. The quantitative estimate of drug-likeness (QED) is 0.563. The van der Waals surface area contributed by atoms with Gasteiger partial charge in [-0.2, -0.15) is 13.2 Å². The minimum Gasteiger partial charge on any atom is -0.467 e. The fourth-order valence-corrected chi connectivity index (χ4v) is 1.43. The van der Waals surface area contributed by atoms with Gasteiger partial charge in [-0.15, -0.1) is 0 Å². The highest BCUT2D eigenvalue weighted by Gasteiger charge is 2.34. The Morgan fingerprint density at radius 3 is 2.42 bits per heavy atom. The molecule has 4 N–H and O–H groups in total. The Labute approximate surface area is 106 Å².